The number of aromatic nitrogens is 1. The lowest BCUT2D eigenvalue weighted by atomic mass is 10.00. The van der Waals surface area contributed by atoms with Crippen molar-refractivity contribution < 1.29 is 10.2 Å². The van der Waals surface area contributed by atoms with Crippen LogP contribution in [-0.4, -0.2) is 14.8 Å². The van der Waals surface area contributed by atoms with Crippen LogP contribution in [0.1, 0.15) is 0 Å². The zero-order valence-corrected chi connectivity index (χ0v) is 17.8. The summed E-state index contributed by atoms with van der Waals surface area (Å²) in [6.07, 6.45) is 0. The molecule has 6 rings (SSSR count). The van der Waals surface area contributed by atoms with Crippen molar-refractivity contribution in [3.05, 3.63) is 115 Å². The molecular formula is C30H21NO2. The number of nitrogens with zero attached hydrogens (tertiary/aromatic N) is 1. The Morgan fingerprint density at radius 3 is 1.39 bits per heavy atom. The number of hydrogen-bond donors (Lipinski definition) is 2. The molecule has 3 heteroatoms. The monoisotopic (exact) mass is 427 g/mol. The topological polar surface area (TPSA) is 45.4 Å². The summed E-state index contributed by atoms with van der Waals surface area (Å²) in [5.41, 5.74) is 7.39. The Morgan fingerprint density at radius 2 is 0.909 bits per heavy atom. The highest BCUT2D eigenvalue weighted by Gasteiger charge is 2.14. The first-order chi connectivity index (χ1) is 16.2. The summed E-state index contributed by atoms with van der Waals surface area (Å²) >= 11 is 0. The van der Waals surface area contributed by atoms with Gasteiger partial charge in [0.25, 0.3) is 0 Å². The number of phenols is 2. The lowest BCUT2D eigenvalue weighted by Gasteiger charge is -2.08. The molecule has 0 spiro atoms. The minimum Gasteiger partial charge on any atom is -0.508 e. The van der Waals surface area contributed by atoms with E-state index in [4.69, 9.17) is 0 Å². The van der Waals surface area contributed by atoms with Crippen molar-refractivity contribution in [3.8, 4) is 39.4 Å². The van der Waals surface area contributed by atoms with Gasteiger partial charge in [0.2, 0.25) is 0 Å². The van der Waals surface area contributed by atoms with E-state index in [0.29, 0.717) is 0 Å². The minimum atomic E-state index is 0.255. The molecule has 0 radical (unpaired) electrons. The van der Waals surface area contributed by atoms with Gasteiger partial charge in [0.05, 0.1) is 11.0 Å². The van der Waals surface area contributed by atoms with E-state index in [1.54, 1.807) is 24.3 Å². The molecule has 5 aromatic carbocycles. The van der Waals surface area contributed by atoms with Crippen molar-refractivity contribution in [1.29, 1.82) is 0 Å². The maximum absolute atomic E-state index is 9.97. The summed E-state index contributed by atoms with van der Waals surface area (Å²) in [4.78, 5) is 0. The van der Waals surface area contributed by atoms with Gasteiger partial charge < -0.3 is 14.8 Å². The van der Waals surface area contributed by atoms with Gasteiger partial charge >= 0.3 is 0 Å². The summed E-state index contributed by atoms with van der Waals surface area (Å²) < 4.78 is 2.28. The lowest BCUT2D eigenvalue weighted by molar-refractivity contribution is 0.475. The van der Waals surface area contributed by atoms with Gasteiger partial charge in [-0.2, -0.15) is 0 Å². The highest BCUT2D eigenvalue weighted by molar-refractivity contribution is 6.11. The fourth-order valence-electron chi connectivity index (χ4n) is 4.61. The minimum absolute atomic E-state index is 0.255. The first kappa shape index (κ1) is 19.2. The molecule has 33 heavy (non-hydrogen) atoms. The molecule has 2 N–H and O–H groups in total. The highest BCUT2D eigenvalue weighted by atomic mass is 16.3. The molecule has 0 saturated carbocycles. The molecule has 0 bridgehead atoms. The number of aromatic hydroxyl groups is 2. The van der Waals surface area contributed by atoms with Crippen molar-refractivity contribution in [1.82, 2.24) is 4.57 Å². The van der Waals surface area contributed by atoms with E-state index in [2.05, 4.69) is 65.2 Å². The Morgan fingerprint density at radius 1 is 0.424 bits per heavy atom. The molecule has 0 aliphatic rings. The second-order valence-electron chi connectivity index (χ2n) is 8.24. The molecule has 6 aromatic rings. The van der Waals surface area contributed by atoms with Crippen molar-refractivity contribution in [2.24, 2.45) is 0 Å². The Bertz CT molecular complexity index is 1530. The van der Waals surface area contributed by atoms with Crippen LogP contribution in [0.15, 0.2) is 115 Å². The summed E-state index contributed by atoms with van der Waals surface area (Å²) in [6.45, 7) is 0. The van der Waals surface area contributed by atoms with Crippen LogP contribution < -0.4 is 0 Å². The van der Waals surface area contributed by atoms with E-state index in [1.807, 2.05) is 30.3 Å². The SMILES string of the molecule is Oc1cccc(-c2ccc3c(c2)c2cc(-c4cccc(O)c4)ccc2n3-c2ccccc2)c1. The lowest BCUT2D eigenvalue weighted by Crippen LogP contribution is -1.93. The molecule has 1 heterocycles. The average Bonchev–Trinajstić information content (AvgIpc) is 3.17. The van der Waals surface area contributed by atoms with Gasteiger partial charge in [-0.25, -0.2) is 0 Å². The molecule has 0 unspecified atom stereocenters. The highest BCUT2D eigenvalue weighted by Crippen LogP contribution is 2.37. The molecule has 3 nitrogen and oxygen atoms in total. The Balaban J connectivity index is 1.66. The fraction of sp³-hybridized carbons (Fsp3) is 0. The smallest absolute Gasteiger partial charge is 0.116 e. The number of phenolic OH excluding ortho intramolecular Hbond substituents is 2. The van der Waals surface area contributed by atoms with Crippen molar-refractivity contribution >= 4 is 21.8 Å². The van der Waals surface area contributed by atoms with E-state index in [1.165, 1.54) is 0 Å². The van der Waals surface area contributed by atoms with Crippen LogP contribution in [-0.2, 0) is 0 Å². The number of hydrogen-bond acceptors (Lipinski definition) is 2. The van der Waals surface area contributed by atoms with Crippen molar-refractivity contribution in [2.75, 3.05) is 0 Å². The van der Waals surface area contributed by atoms with Crippen LogP contribution >= 0.6 is 0 Å². The molecular weight excluding hydrogens is 406 g/mol. The third kappa shape index (κ3) is 3.31. The largest absolute Gasteiger partial charge is 0.508 e. The Labute approximate surface area is 191 Å². The maximum atomic E-state index is 9.97. The Kier molecular flexibility index (Phi) is 4.41. The molecule has 0 atom stereocenters. The molecule has 0 saturated heterocycles. The standard InChI is InChI=1S/C30H21NO2/c32-25-10-4-6-20(16-25)22-12-14-29-27(18-22)28-19-23(21-7-5-11-26(33)17-21)13-15-30(28)31(29)24-8-2-1-3-9-24/h1-19,32-33H. The van der Waals surface area contributed by atoms with E-state index in [0.717, 1.165) is 49.7 Å². The predicted molar refractivity (Wildman–Crippen MR) is 135 cm³/mol. The maximum Gasteiger partial charge on any atom is 0.116 e. The fourth-order valence-corrected chi connectivity index (χ4v) is 4.61. The molecule has 0 aliphatic heterocycles. The quantitative estimate of drug-likeness (QED) is 0.307. The molecule has 1 aromatic heterocycles. The molecule has 0 amide bonds. The van der Waals surface area contributed by atoms with Gasteiger partial charge in [0.1, 0.15) is 11.5 Å². The summed E-state index contributed by atoms with van der Waals surface area (Å²) in [7, 11) is 0. The number of benzene rings is 5. The van der Waals surface area contributed by atoms with E-state index in [-0.39, 0.29) is 11.5 Å². The number of rotatable bonds is 3. The zero-order valence-electron chi connectivity index (χ0n) is 17.8. The molecule has 0 aliphatic carbocycles. The van der Waals surface area contributed by atoms with Gasteiger partial charge in [-0.15, -0.1) is 0 Å². The first-order valence-electron chi connectivity index (χ1n) is 10.9. The summed E-state index contributed by atoms with van der Waals surface area (Å²) in [5.74, 6) is 0.510. The second kappa shape index (κ2) is 7.57. The summed E-state index contributed by atoms with van der Waals surface area (Å²) in [5, 5.41) is 22.2. The Hall–Kier alpha value is -4.50. The van der Waals surface area contributed by atoms with E-state index >= 15 is 0 Å². The summed E-state index contributed by atoms with van der Waals surface area (Å²) in [6, 6.07) is 37.9. The van der Waals surface area contributed by atoms with Crippen LogP contribution in [0, 0.1) is 0 Å². The van der Waals surface area contributed by atoms with Crippen LogP contribution in [0.5, 0.6) is 11.5 Å². The second-order valence-corrected chi connectivity index (χ2v) is 8.24. The van der Waals surface area contributed by atoms with Crippen molar-refractivity contribution in [3.63, 3.8) is 0 Å². The van der Waals surface area contributed by atoms with Crippen LogP contribution in [0.4, 0.5) is 0 Å². The third-order valence-electron chi connectivity index (χ3n) is 6.14. The van der Waals surface area contributed by atoms with Crippen LogP contribution in [0.25, 0.3) is 49.7 Å². The number of para-hydroxylation sites is 1. The van der Waals surface area contributed by atoms with Gasteiger partial charge in [0.15, 0.2) is 0 Å². The van der Waals surface area contributed by atoms with Gasteiger partial charge in [-0.3, -0.25) is 0 Å². The van der Waals surface area contributed by atoms with E-state index < -0.39 is 0 Å². The predicted octanol–water partition coefficient (Wildman–Crippen LogP) is 7.53. The third-order valence-corrected chi connectivity index (χ3v) is 6.14. The van der Waals surface area contributed by atoms with Gasteiger partial charge in [0, 0.05) is 16.5 Å². The number of fused-ring (bicyclic) bond motifs is 3. The van der Waals surface area contributed by atoms with E-state index in [9.17, 15) is 10.2 Å². The average molecular weight is 428 g/mol. The van der Waals surface area contributed by atoms with Crippen LogP contribution in [0.3, 0.4) is 0 Å². The van der Waals surface area contributed by atoms with Crippen molar-refractivity contribution in [2.45, 2.75) is 0 Å². The normalized spacial score (nSPS) is 11.3. The van der Waals surface area contributed by atoms with Gasteiger partial charge in [-0.05, 0) is 82.9 Å². The van der Waals surface area contributed by atoms with Crippen LogP contribution in [0.2, 0.25) is 0 Å². The molecule has 158 valence electrons. The first-order valence-corrected chi connectivity index (χ1v) is 10.9. The van der Waals surface area contributed by atoms with Gasteiger partial charge in [-0.1, -0.05) is 54.6 Å². The molecule has 0 fully saturated rings. The zero-order chi connectivity index (χ0) is 22.4.